The second kappa shape index (κ2) is 9.00. The average molecular weight is 472 g/mol. The van der Waals surface area contributed by atoms with Gasteiger partial charge in [-0.3, -0.25) is 9.48 Å². The zero-order valence-electron chi connectivity index (χ0n) is 16.9. The van der Waals surface area contributed by atoms with Gasteiger partial charge >= 0.3 is 16.4 Å². The Kier molecular flexibility index (Phi) is 6.55. The van der Waals surface area contributed by atoms with E-state index >= 15 is 0 Å². The Bertz CT molecular complexity index is 1190. The van der Waals surface area contributed by atoms with Crippen LogP contribution < -0.4 is 10.0 Å². The molecule has 0 saturated heterocycles. The number of oxazole rings is 1. The van der Waals surface area contributed by atoms with E-state index in [4.69, 9.17) is 4.42 Å². The molecule has 172 valence electrons. The molecule has 3 aromatic rings. The van der Waals surface area contributed by atoms with Crippen LogP contribution >= 0.6 is 0 Å². The molecule has 0 spiro atoms. The number of rotatable bonds is 8. The molecule has 2 heterocycles. The molecule has 32 heavy (non-hydrogen) atoms. The lowest BCUT2D eigenvalue weighted by molar-refractivity contribution is -0.137. The van der Waals surface area contributed by atoms with Gasteiger partial charge in [-0.05, 0) is 30.7 Å². The summed E-state index contributed by atoms with van der Waals surface area (Å²) in [5.41, 5.74) is -0.705. The van der Waals surface area contributed by atoms with Gasteiger partial charge in [0.1, 0.15) is 6.26 Å². The lowest BCUT2D eigenvalue weighted by atomic mass is 10.1. The molecule has 0 radical (unpaired) electrons. The second-order valence-corrected chi connectivity index (χ2v) is 8.49. The van der Waals surface area contributed by atoms with Crippen molar-refractivity contribution in [2.24, 2.45) is 0 Å². The monoisotopic (exact) mass is 472 g/mol. The van der Waals surface area contributed by atoms with Gasteiger partial charge in [0, 0.05) is 31.7 Å². The smallest absolute Gasteiger partial charge is 0.416 e. The number of aryl methyl sites for hydroxylation is 1. The molecule has 0 aliphatic rings. The van der Waals surface area contributed by atoms with Gasteiger partial charge in [-0.1, -0.05) is 6.07 Å². The summed E-state index contributed by atoms with van der Waals surface area (Å²) >= 11 is 0. The summed E-state index contributed by atoms with van der Waals surface area (Å²) < 4.78 is 72.8. The first-order valence-electron chi connectivity index (χ1n) is 9.12. The number of aromatic nitrogens is 3. The van der Waals surface area contributed by atoms with Crippen molar-refractivity contribution in [3.8, 4) is 0 Å². The molecule has 0 bridgehead atoms. The Morgan fingerprint density at radius 3 is 2.72 bits per heavy atom. The second-order valence-electron chi connectivity index (χ2n) is 6.72. The van der Waals surface area contributed by atoms with E-state index in [0.29, 0.717) is 5.56 Å². The van der Waals surface area contributed by atoms with Gasteiger partial charge in [0.2, 0.25) is 0 Å². The van der Waals surface area contributed by atoms with Crippen molar-refractivity contribution in [1.82, 2.24) is 23.8 Å². The third-order valence-corrected chi connectivity index (χ3v) is 5.83. The Morgan fingerprint density at radius 1 is 1.31 bits per heavy atom. The van der Waals surface area contributed by atoms with Crippen molar-refractivity contribution in [2.45, 2.75) is 19.6 Å². The highest BCUT2D eigenvalue weighted by atomic mass is 32.2. The average Bonchev–Trinajstić information content (AvgIpc) is 3.38. The summed E-state index contributed by atoms with van der Waals surface area (Å²) in [6, 6.07) is 4.49. The third kappa shape index (κ3) is 5.64. The zero-order valence-corrected chi connectivity index (χ0v) is 17.7. The number of amides is 1. The molecule has 0 unspecified atom stereocenters. The van der Waals surface area contributed by atoms with E-state index in [9.17, 15) is 26.4 Å². The van der Waals surface area contributed by atoms with Crippen LogP contribution in [0.1, 0.15) is 21.6 Å². The van der Waals surface area contributed by atoms with Crippen LogP contribution in [0.15, 0.2) is 47.3 Å². The van der Waals surface area contributed by atoms with Crippen LogP contribution in [0.2, 0.25) is 0 Å². The number of carbonyl (C=O) groups is 1. The fourth-order valence-corrected chi connectivity index (χ4v) is 3.34. The first kappa shape index (κ1) is 23.3. The predicted molar refractivity (Wildman–Crippen MR) is 107 cm³/mol. The molecule has 1 amide bonds. The number of nitrogens with zero attached hydrogens (tertiary/aromatic N) is 4. The first-order chi connectivity index (χ1) is 15.0. The molecule has 0 aliphatic heterocycles. The van der Waals surface area contributed by atoms with E-state index in [1.165, 1.54) is 17.8 Å². The van der Waals surface area contributed by atoms with Crippen molar-refractivity contribution in [1.29, 1.82) is 0 Å². The lowest BCUT2D eigenvalue weighted by Crippen LogP contribution is -2.42. The van der Waals surface area contributed by atoms with Crippen LogP contribution in [0.25, 0.3) is 0 Å². The molecule has 0 atom stereocenters. The summed E-state index contributed by atoms with van der Waals surface area (Å²) in [4.78, 5) is 16.1. The normalized spacial score (nSPS) is 12.2. The first-order valence-corrected chi connectivity index (χ1v) is 10.6. The van der Waals surface area contributed by atoms with E-state index in [1.807, 2.05) is 4.72 Å². The molecule has 1 aromatic carbocycles. The van der Waals surface area contributed by atoms with E-state index < -0.39 is 27.9 Å². The van der Waals surface area contributed by atoms with Gasteiger partial charge in [-0.2, -0.15) is 36.0 Å². The molecule has 2 N–H and O–H groups in total. The molecular weight excluding hydrogens is 453 g/mol. The van der Waals surface area contributed by atoms with Crippen LogP contribution in [0.3, 0.4) is 0 Å². The SMILES string of the molecule is Cc1ccc(C(F)(F)F)cc1Nc1nc(C(=O)NS(=O)(=O)N(C)CCn2cccn2)co1. The van der Waals surface area contributed by atoms with Crippen molar-refractivity contribution in [3.63, 3.8) is 0 Å². The van der Waals surface area contributed by atoms with Gasteiger partial charge in [0.25, 0.3) is 11.9 Å². The molecular formula is C18H19F3N6O4S. The minimum absolute atomic E-state index is 0.0464. The Balaban J connectivity index is 1.65. The number of alkyl halides is 3. The van der Waals surface area contributed by atoms with Gasteiger partial charge < -0.3 is 9.73 Å². The maximum Gasteiger partial charge on any atom is 0.416 e. The number of nitrogens with one attached hydrogen (secondary N) is 2. The number of carbonyl (C=O) groups excluding carboxylic acids is 1. The van der Waals surface area contributed by atoms with E-state index in [2.05, 4.69) is 15.4 Å². The van der Waals surface area contributed by atoms with E-state index in [0.717, 1.165) is 22.7 Å². The minimum atomic E-state index is -4.54. The van der Waals surface area contributed by atoms with E-state index in [-0.39, 0.29) is 30.5 Å². The summed E-state index contributed by atoms with van der Waals surface area (Å²) in [6.45, 7) is 1.89. The molecule has 10 nitrogen and oxygen atoms in total. The quantitative estimate of drug-likeness (QED) is 0.517. The lowest BCUT2D eigenvalue weighted by Gasteiger charge is -2.16. The van der Waals surface area contributed by atoms with Gasteiger partial charge in [-0.15, -0.1) is 0 Å². The largest absolute Gasteiger partial charge is 0.431 e. The zero-order chi connectivity index (χ0) is 23.5. The van der Waals surface area contributed by atoms with Gasteiger partial charge in [-0.25, -0.2) is 4.72 Å². The Hall–Kier alpha value is -3.39. The number of anilines is 2. The van der Waals surface area contributed by atoms with Gasteiger partial charge in [0.05, 0.1) is 12.1 Å². The Labute approximate surface area is 181 Å². The highest BCUT2D eigenvalue weighted by Crippen LogP contribution is 2.32. The molecule has 0 aliphatic carbocycles. The number of hydrogen-bond donors (Lipinski definition) is 2. The fraction of sp³-hybridized carbons (Fsp3) is 0.278. The summed E-state index contributed by atoms with van der Waals surface area (Å²) in [5, 5.41) is 6.51. The fourth-order valence-electron chi connectivity index (χ4n) is 2.53. The van der Waals surface area contributed by atoms with Crippen molar-refractivity contribution in [3.05, 3.63) is 59.7 Å². The number of benzene rings is 1. The molecule has 0 fully saturated rings. The molecule has 14 heteroatoms. The van der Waals surface area contributed by atoms with Crippen molar-refractivity contribution < 1.29 is 30.8 Å². The minimum Gasteiger partial charge on any atom is -0.431 e. The maximum absolute atomic E-state index is 12.9. The molecule has 0 saturated carbocycles. The van der Waals surface area contributed by atoms with Crippen molar-refractivity contribution >= 4 is 27.8 Å². The van der Waals surface area contributed by atoms with Crippen LogP contribution in [-0.4, -0.2) is 47.0 Å². The van der Waals surface area contributed by atoms with Crippen LogP contribution in [0, 0.1) is 6.92 Å². The molecule has 3 rings (SSSR count). The number of hydrogen-bond acceptors (Lipinski definition) is 7. The highest BCUT2D eigenvalue weighted by Gasteiger charge is 2.31. The van der Waals surface area contributed by atoms with Crippen LogP contribution in [0.5, 0.6) is 0 Å². The predicted octanol–water partition coefficient (Wildman–Crippen LogP) is 2.55. The summed E-state index contributed by atoms with van der Waals surface area (Å²) in [7, 11) is -2.89. The van der Waals surface area contributed by atoms with Gasteiger partial charge in [0.15, 0.2) is 5.69 Å². The number of halogens is 3. The van der Waals surface area contributed by atoms with E-state index in [1.54, 1.807) is 25.4 Å². The highest BCUT2D eigenvalue weighted by molar-refractivity contribution is 7.87. The van der Waals surface area contributed by atoms with Crippen LogP contribution in [-0.2, 0) is 22.9 Å². The number of likely N-dealkylation sites (N-methyl/N-ethyl adjacent to an activating group) is 1. The summed E-state index contributed by atoms with van der Waals surface area (Å²) in [5.74, 6) is -1.06. The standard InChI is InChI=1S/C18H19F3N6O4S/c1-12-4-5-13(18(19,20)21)10-14(12)23-17-24-15(11-31-17)16(28)25-32(29,30)26(2)8-9-27-7-3-6-22-27/h3-7,10-11H,8-9H2,1-2H3,(H,23,24)(H,25,28). The van der Waals surface area contributed by atoms with Crippen LogP contribution in [0.4, 0.5) is 24.9 Å². The Morgan fingerprint density at radius 2 is 2.06 bits per heavy atom. The maximum atomic E-state index is 12.9. The third-order valence-electron chi connectivity index (χ3n) is 4.38. The topological polar surface area (TPSA) is 122 Å². The molecule has 2 aromatic heterocycles. The summed E-state index contributed by atoms with van der Waals surface area (Å²) in [6.07, 6.45) is -0.439. The van der Waals surface area contributed by atoms with Crippen molar-refractivity contribution in [2.75, 3.05) is 18.9 Å².